The predicted molar refractivity (Wildman–Crippen MR) is 147 cm³/mol. The fourth-order valence-corrected chi connectivity index (χ4v) is 7.71. The predicted octanol–water partition coefficient (Wildman–Crippen LogP) is 6.16. The topological polar surface area (TPSA) is 83.5 Å². The van der Waals surface area contributed by atoms with Crippen molar-refractivity contribution in [1.82, 2.24) is 14.3 Å². The van der Waals surface area contributed by atoms with Crippen molar-refractivity contribution in [3.8, 4) is 0 Å². The van der Waals surface area contributed by atoms with Crippen LogP contribution in [-0.4, -0.2) is 41.2 Å². The molecule has 11 heteroatoms. The SMILES string of the molecule is CCN(C1CCCCC1)S(=O)(=O)c1ccc(C(=O)N(Cc2ccncc2)c2nc3c(F)cc(F)cc3s2)cc1. The number of benzene rings is 2. The maximum absolute atomic E-state index is 14.4. The minimum atomic E-state index is -3.73. The van der Waals surface area contributed by atoms with Crippen LogP contribution >= 0.6 is 11.3 Å². The fourth-order valence-electron chi connectivity index (χ4n) is 5.01. The molecule has 1 fully saturated rings. The number of rotatable bonds is 8. The van der Waals surface area contributed by atoms with Crippen molar-refractivity contribution in [2.75, 3.05) is 11.4 Å². The number of amides is 1. The van der Waals surface area contributed by atoms with Gasteiger partial charge in [0.15, 0.2) is 10.9 Å². The maximum atomic E-state index is 14.4. The van der Waals surface area contributed by atoms with Crippen LogP contribution in [0.3, 0.4) is 0 Å². The molecule has 5 rings (SSSR count). The van der Waals surface area contributed by atoms with Crippen LogP contribution in [0.1, 0.15) is 54.9 Å². The van der Waals surface area contributed by atoms with E-state index in [9.17, 15) is 22.0 Å². The molecular formula is C28H28F2N4O3S2. The van der Waals surface area contributed by atoms with Gasteiger partial charge in [-0.2, -0.15) is 4.31 Å². The smallest absolute Gasteiger partial charge is 0.260 e. The summed E-state index contributed by atoms with van der Waals surface area (Å²) < 4.78 is 56.9. The zero-order valence-corrected chi connectivity index (χ0v) is 23.0. The van der Waals surface area contributed by atoms with Gasteiger partial charge in [0.05, 0.1) is 16.1 Å². The molecule has 0 N–H and O–H groups in total. The minimum Gasteiger partial charge on any atom is -0.279 e. The van der Waals surface area contributed by atoms with E-state index < -0.39 is 27.6 Å². The van der Waals surface area contributed by atoms with E-state index in [0.29, 0.717) is 6.54 Å². The first-order valence-electron chi connectivity index (χ1n) is 12.9. The van der Waals surface area contributed by atoms with Crippen LogP contribution in [0.25, 0.3) is 10.2 Å². The van der Waals surface area contributed by atoms with E-state index in [1.165, 1.54) is 35.2 Å². The van der Waals surface area contributed by atoms with Gasteiger partial charge < -0.3 is 0 Å². The molecule has 1 amide bonds. The highest BCUT2D eigenvalue weighted by molar-refractivity contribution is 7.89. The number of anilines is 1. The number of hydrogen-bond donors (Lipinski definition) is 0. The van der Waals surface area contributed by atoms with E-state index in [1.54, 1.807) is 28.8 Å². The Morgan fingerprint density at radius 2 is 1.72 bits per heavy atom. The van der Waals surface area contributed by atoms with E-state index in [1.807, 2.05) is 6.92 Å². The summed E-state index contributed by atoms with van der Waals surface area (Å²) in [6.07, 6.45) is 8.03. The summed E-state index contributed by atoms with van der Waals surface area (Å²) in [5.41, 5.74) is 0.983. The molecule has 2 aromatic heterocycles. The zero-order valence-electron chi connectivity index (χ0n) is 21.4. The monoisotopic (exact) mass is 570 g/mol. The third-order valence-corrected chi connectivity index (χ3v) is 10.0. The number of thiazole rings is 1. The van der Waals surface area contributed by atoms with Crippen molar-refractivity contribution in [2.24, 2.45) is 0 Å². The summed E-state index contributed by atoms with van der Waals surface area (Å²) in [5, 5.41) is 0.197. The highest BCUT2D eigenvalue weighted by Crippen LogP contribution is 2.33. The lowest BCUT2D eigenvalue weighted by atomic mass is 9.95. The lowest BCUT2D eigenvalue weighted by Gasteiger charge is -2.32. The quantitative estimate of drug-likeness (QED) is 0.253. The van der Waals surface area contributed by atoms with Gasteiger partial charge in [0.1, 0.15) is 11.3 Å². The van der Waals surface area contributed by atoms with Gasteiger partial charge in [-0.1, -0.05) is 37.5 Å². The number of aromatic nitrogens is 2. The van der Waals surface area contributed by atoms with Crippen molar-refractivity contribution in [3.05, 3.63) is 83.7 Å². The molecule has 2 heterocycles. The van der Waals surface area contributed by atoms with Gasteiger partial charge >= 0.3 is 0 Å². The van der Waals surface area contributed by atoms with Gasteiger partial charge in [-0.05, 0) is 60.9 Å². The number of fused-ring (bicyclic) bond motifs is 1. The summed E-state index contributed by atoms with van der Waals surface area (Å²) in [7, 11) is -3.73. The number of nitrogens with zero attached hydrogens (tertiary/aromatic N) is 4. The summed E-state index contributed by atoms with van der Waals surface area (Å²) in [6, 6.07) is 11.3. The highest BCUT2D eigenvalue weighted by atomic mass is 32.2. The van der Waals surface area contributed by atoms with Gasteiger partial charge in [-0.3, -0.25) is 14.7 Å². The lowest BCUT2D eigenvalue weighted by Crippen LogP contribution is -2.41. The fraction of sp³-hybridized carbons (Fsp3) is 0.321. The average Bonchev–Trinajstić information content (AvgIpc) is 3.37. The van der Waals surface area contributed by atoms with E-state index in [0.717, 1.165) is 55.1 Å². The van der Waals surface area contributed by atoms with E-state index in [2.05, 4.69) is 9.97 Å². The Balaban J connectivity index is 1.47. The molecule has 0 spiro atoms. The number of sulfonamides is 1. The molecule has 7 nitrogen and oxygen atoms in total. The molecule has 1 aliphatic carbocycles. The zero-order chi connectivity index (χ0) is 27.6. The van der Waals surface area contributed by atoms with Crippen molar-refractivity contribution in [3.63, 3.8) is 0 Å². The van der Waals surface area contributed by atoms with Crippen LogP contribution in [0.15, 0.2) is 65.8 Å². The van der Waals surface area contributed by atoms with Gasteiger partial charge in [0, 0.05) is 36.6 Å². The highest BCUT2D eigenvalue weighted by Gasteiger charge is 2.31. The number of hydrogen-bond acceptors (Lipinski definition) is 6. The van der Waals surface area contributed by atoms with Crippen molar-refractivity contribution >= 4 is 42.6 Å². The van der Waals surface area contributed by atoms with Crippen LogP contribution in [-0.2, 0) is 16.6 Å². The van der Waals surface area contributed by atoms with Crippen LogP contribution in [0.5, 0.6) is 0 Å². The summed E-state index contributed by atoms with van der Waals surface area (Å²) in [6.45, 7) is 2.33. The Hall–Kier alpha value is -3.28. The Morgan fingerprint density at radius 1 is 1.03 bits per heavy atom. The first-order chi connectivity index (χ1) is 18.8. The first kappa shape index (κ1) is 27.3. The number of carbonyl (C=O) groups excluding carboxylic acids is 1. The van der Waals surface area contributed by atoms with Gasteiger partial charge in [0.2, 0.25) is 10.0 Å². The molecule has 0 unspecified atom stereocenters. The van der Waals surface area contributed by atoms with Crippen LogP contribution in [0.2, 0.25) is 0 Å². The molecule has 0 aliphatic heterocycles. The van der Waals surface area contributed by atoms with E-state index in [4.69, 9.17) is 0 Å². The third-order valence-electron chi connectivity index (χ3n) is 6.97. The maximum Gasteiger partial charge on any atom is 0.260 e. The number of carbonyl (C=O) groups is 1. The number of halogens is 2. The van der Waals surface area contributed by atoms with Gasteiger partial charge in [-0.25, -0.2) is 22.2 Å². The molecule has 4 aromatic rings. The molecule has 1 saturated carbocycles. The van der Waals surface area contributed by atoms with Crippen LogP contribution in [0.4, 0.5) is 13.9 Å². The third kappa shape index (κ3) is 5.70. The number of pyridine rings is 1. The van der Waals surface area contributed by atoms with Gasteiger partial charge in [-0.15, -0.1) is 0 Å². The largest absolute Gasteiger partial charge is 0.279 e. The molecule has 39 heavy (non-hydrogen) atoms. The molecule has 0 saturated heterocycles. The Kier molecular flexibility index (Phi) is 8.01. The van der Waals surface area contributed by atoms with Crippen molar-refractivity contribution in [1.29, 1.82) is 0 Å². The lowest BCUT2D eigenvalue weighted by molar-refractivity contribution is 0.0985. The van der Waals surface area contributed by atoms with Gasteiger partial charge in [0.25, 0.3) is 5.91 Å². The van der Waals surface area contributed by atoms with E-state index >= 15 is 0 Å². The summed E-state index contributed by atoms with van der Waals surface area (Å²) in [5.74, 6) is -1.99. The molecule has 204 valence electrons. The normalized spacial score (nSPS) is 14.7. The van der Waals surface area contributed by atoms with Crippen LogP contribution < -0.4 is 4.90 Å². The minimum absolute atomic E-state index is 0.0184. The van der Waals surface area contributed by atoms with Crippen molar-refractivity contribution in [2.45, 2.75) is 56.5 Å². The Morgan fingerprint density at radius 3 is 2.38 bits per heavy atom. The molecule has 2 aromatic carbocycles. The molecule has 1 aliphatic rings. The molecular weight excluding hydrogens is 542 g/mol. The second kappa shape index (κ2) is 11.4. The Labute approximate surface area is 230 Å². The average molecular weight is 571 g/mol. The Bertz CT molecular complexity index is 1570. The summed E-state index contributed by atoms with van der Waals surface area (Å²) in [4.78, 5) is 23.5. The van der Waals surface area contributed by atoms with E-state index in [-0.39, 0.29) is 38.4 Å². The summed E-state index contributed by atoms with van der Waals surface area (Å²) >= 11 is 1.00. The van der Waals surface area contributed by atoms with Crippen LogP contribution in [0, 0.1) is 11.6 Å². The molecule has 0 radical (unpaired) electrons. The second-order valence-electron chi connectivity index (χ2n) is 9.50. The first-order valence-corrected chi connectivity index (χ1v) is 15.1. The second-order valence-corrected chi connectivity index (χ2v) is 12.4. The molecule has 0 atom stereocenters. The molecule has 0 bridgehead atoms. The standard InChI is InChI=1S/C28H28F2N4O3S2/c1-2-34(22-6-4-3-5-7-22)39(36,37)23-10-8-20(9-11-23)27(35)33(18-19-12-14-31-15-13-19)28-32-26-24(30)16-21(29)17-25(26)38-28/h8-17,22H,2-7,18H2,1H3. The van der Waals surface area contributed by atoms with Crippen molar-refractivity contribution < 1.29 is 22.0 Å².